The average Bonchev–Trinajstić information content (AvgIpc) is 2.90. The van der Waals surface area contributed by atoms with Crippen molar-refractivity contribution < 1.29 is 14.7 Å². The van der Waals surface area contributed by atoms with Crippen molar-refractivity contribution in [2.24, 2.45) is 11.3 Å². The highest BCUT2D eigenvalue weighted by Gasteiger charge is 2.34. The Kier molecular flexibility index (Phi) is 5.17. The molecule has 1 aliphatic rings. The van der Waals surface area contributed by atoms with Crippen molar-refractivity contribution in [3.8, 4) is 0 Å². The van der Waals surface area contributed by atoms with Crippen LogP contribution in [0.4, 0.5) is 5.00 Å². The van der Waals surface area contributed by atoms with Gasteiger partial charge >= 0.3 is 5.97 Å². The van der Waals surface area contributed by atoms with E-state index in [1.807, 2.05) is 32.0 Å². The third-order valence-electron chi connectivity index (χ3n) is 5.64. The zero-order valence-corrected chi connectivity index (χ0v) is 17.4. The summed E-state index contributed by atoms with van der Waals surface area (Å²) in [6.07, 6.45) is 2.62. The average molecular weight is 386 g/mol. The minimum absolute atomic E-state index is 0.187. The van der Waals surface area contributed by atoms with E-state index in [2.05, 4.69) is 26.1 Å². The molecule has 2 N–H and O–H groups in total. The lowest BCUT2D eigenvalue weighted by Crippen LogP contribution is -2.26. The molecule has 1 heterocycles. The highest BCUT2D eigenvalue weighted by molar-refractivity contribution is 7.17. The first-order chi connectivity index (χ1) is 12.6. The van der Waals surface area contributed by atoms with Gasteiger partial charge in [-0.15, -0.1) is 11.3 Å². The monoisotopic (exact) mass is 385 g/mol. The maximum atomic E-state index is 12.9. The molecule has 1 unspecified atom stereocenters. The van der Waals surface area contributed by atoms with Gasteiger partial charge in [-0.1, -0.05) is 39.0 Å². The molecule has 1 atom stereocenters. The predicted octanol–water partition coefficient (Wildman–Crippen LogP) is 5.47. The number of carbonyl (C=O) groups excluding carboxylic acids is 1. The lowest BCUT2D eigenvalue weighted by atomic mass is 9.72. The number of hydrogen-bond acceptors (Lipinski definition) is 3. The van der Waals surface area contributed by atoms with Gasteiger partial charge in [0.25, 0.3) is 5.91 Å². The number of carboxylic acids is 1. The number of carbonyl (C=O) groups is 2. The summed E-state index contributed by atoms with van der Waals surface area (Å²) in [5.41, 5.74) is 3.77. The summed E-state index contributed by atoms with van der Waals surface area (Å²) >= 11 is 1.43. The fourth-order valence-corrected chi connectivity index (χ4v) is 5.29. The van der Waals surface area contributed by atoms with Crippen molar-refractivity contribution in [2.45, 2.75) is 53.9 Å². The van der Waals surface area contributed by atoms with E-state index >= 15 is 0 Å². The van der Waals surface area contributed by atoms with Crippen molar-refractivity contribution in [3.05, 3.63) is 50.9 Å². The molecule has 2 aromatic rings. The number of nitrogens with one attached hydrogen (secondary N) is 1. The Bertz CT molecular complexity index is 885. The SMILES string of the molecule is Cc1cccc(C)c1C(=O)Nc1sc2c(c1C(=O)O)CCC(C(C)(C)C)C2. The van der Waals surface area contributed by atoms with E-state index in [0.29, 0.717) is 16.5 Å². The van der Waals surface area contributed by atoms with E-state index < -0.39 is 5.97 Å². The Morgan fingerprint density at radius 1 is 1.15 bits per heavy atom. The highest BCUT2D eigenvalue weighted by Crippen LogP contribution is 2.44. The maximum Gasteiger partial charge on any atom is 0.339 e. The molecule has 1 amide bonds. The number of aryl methyl sites for hydroxylation is 2. The largest absolute Gasteiger partial charge is 0.478 e. The minimum Gasteiger partial charge on any atom is -0.478 e. The van der Waals surface area contributed by atoms with Gasteiger partial charge in [-0.3, -0.25) is 4.79 Å². The molecule has 144 valence electrons. The van der Waals surface area contributed by atoms with Crippen LogP contribution in [0.3, 0.4) is 0 Å². The smallest absolute Gasteiger partial charge is 0.339 e. The Morgan fingerprint density at radius 3 is 2.33 bits per heavy atom. The van der Waals surface area contributed by atoms with Crippen LogP contribution in [-0.2, 0) is 12.8 Å². The lowest BCUT2D eigenvalue weighted by molar-refractivity contribution is 0.0696. The quantitative estimate of drug-likeness (QED) is 0.736. The van der Waals surface area contributed by atoms with Gasteiger partial charge in [-0.05, 0) is 61.1 Å². The first-order valence-corrected chi connectivity index (χ1v) is 10.2. The summed E-state index contributed by atoms with van der Waals surface area (Å²) < 4.78 is 0. The standard InChI is InChI=1S/C22H27NO3S/c1-12-7-6-8-13(2)17(12)19(24)23-20-18(21(25)26)15-10-9-14(22(3,4)5)11-16(15)27-20/h6-8,14H,9-11H2,1-5H3,(H,23,24)(H,25,26). The molecule has 1 aliphatic carbocycles. The highest BCUT2D eigenvalue weighted by atomic mass is 32.1. The molecule has 0 aliphatic heterocycles. The van der Waals surface area contributed by atoms with Gasteiger partial charge in [0.05, 0.1) is 5.56 Å². The fraction of sp³-hybridized carbons (Fsp3) is 0.455. The van der Waals surface area contributed by atoms with Crippen LogP contribution in [0.25, 0.3) is 0 Å². The second kappa shape index (κ2) is 7.12. The van der Waals surface area contributed by atoms with E-state index in [4.69, 9.17) is 0 Å². The Hall–Kier alpha value is -2.14. The van der Waals surface area contributed by atoms with Crippen LogP contribution in [0, 0.1) is 25.2 Å². The van der Waals surface area contributed by atoms with Crippen LogP contribution in [0.2, 0.25) is 0 Å². The Morgan fingerprint density at radius 2 is 1.78 bits per heavy atom. The number of aromatic carboxylic acids is 1. The van der Waals surface area contributed by atoms with Gasteiger partial charge in [-0.25, -0.2) is 4.79 Å². The molecule has 27 heavy (non-hydrogen) atoms. The molecule has 0 saturated carbocycles. The molecular weight excluding hydrogens is 358 g/mol. The van der Waals surface area contributed by atoms with Crippen LogP contribution in [0.5, 0.6) is 0 Å². The topological polar surface area (TPSA) is 66.4 Å². The van der Waals surface area contributed by atoms with Gasteiger partial charge in [0.1, 0.15) is 5.00 Å². The van der Waals surface area contributed by atoms with Gasteiger partial charge < -0.3 is 10.4 Å². The lowest BCUT2D eigenvalue weighted by Gasteiger charge is -2.33. The van der Waals surface area contributed by atoms with Crippen molar-refractivity contribution in [3.63, 3.8) is 0 Å². The van der Waals surface area contributed by atoms with Crippen molar-refractivity contribution in [2.75, 3.05) is 5.32 Å². The Labute approximate surface area is 164 Å². The summed E-state index contributed by atoms with van der Waals surface area (Å²) in [5, 5.41) is 13.2. The number of rotatable bonds is 3. The van der Waals surface area contributed by atoms with E-state index in [-0.39, 0.29) is 16.9 Å². The van der Waals surface area contributed by atoms with Gasteiger partial charge in [0.2, 0.25) is 0 Å². The van der Waals surface area contributed by atoms with E-state index in [0.717, 1.165) is 40.8 Å². The molecule has 0 saturated heterocycles. The van der Waals surface area contributed by atoms with E-state index in [1.165, 1.54) is 11.3 Å². The minimum atomic E-state index is -0.960. The number of carboxylic acid groups (broad SMARTS) is 1. The number of thiophene rings is 1. The third-order valence-corrected chi connectivity index (χ3v) is 6.81. The second-order valence-electron chi connectivity index (χ2n) is 8.54. The molecular formula is C22H27NO3S. The molecule has 0 spiro atoms. The molecule has 4 nitrogen and oxygen atoms in total. The predicted molar refractivity (Wildman–Crippen MR) is 110 cm³/mol. The summed E-state index contributed by atoms with van der Waals surface area (Å²) in [6, 6.07) is 5.71. The summed E-state index contributed by atoms with van der Waals surface area (Å²) in [5.74, 6) is -0.676. The van der Waals surface area contributed by atoms with Crippen LogP contribution < -0.4 is 5.32 Å². The number of amides is 1. The normalized spacial score (nSPS) is 16.7. The molecule has 1 aromatic heterocycles. The third kappa shape index (κ3) is 3.79. The number of hydrogen-bond donors (Lipinski definition) is 2. The van der Waals surface area contributed by atoms with Crippen molar-refractivity contribution in [1.82, 2.24) is 0 Å². The van der Waals surface area contributed by atoms with Crippen molar-refractivity contribution in [1.29, 1.82) is 0 Å². The first-order valence-electron chi connectivity index (χ1n) is 9.35. The van der Waals surface area contributed by atoms with Gasteiger partial charge in [0, 0.05) is 10.4 Å². The molecule has 1 aromatic carbocycles. The molecule has 0 bridgehead atoms. The summed E-state index contributed by atoms with van der Waals surface area (Å²) in [7, 11) is 0. The number of fused-ring (bicyclic) bond motifs is 1. The van der Waals surface area contributed by atoms with Crippen LogP contribution in [-0.4, -0.2) is 17.0 Å². The zero-order valence-electron chi connectivity index (χ0n) is 16.6. The van der Waals surface area contributed by atoms with Crippen LogP contribution in [0.15, 0.2) is 18.2 Å². The molecule has 0 radical (unpaired) electrons. The molecule has 0 fully saturated rings. The molecule has 3 rings (SSSR count). The van der Waals surface area contributed by atoms with Crippen LogP contribution in [0.1, 0.15) is 69.5 Å². The summed E-state index contributed by atoms with van der Waals surface area (Å²) in [4.78, 5) is 25.9. The Balaban J connectivity index is 1.96. The second-order valence-corrected chi connectivity index (χ2v) is 9.64. The summed E-state index contributed by atoms with van der Waals surface area (Å²) in [6.45, 7) is 10.5. The van der Waals surface area contributed by atoms with Crippen LogP contribution >= 0.6 is 11.3 Å². The molecule has 5 heteroatoms. The van der Waals surface area contributed by atoms with E-state index in [9.17, 15) is 14.7 Å². The first kappa shape index (κ1) is 19.6. The number of benzene rings is 1. The van der Waals surface area contributed by atoms with Gasteiger partial charge in [-0.2, -0.15) is 0 Å². The fourth-order valence-electron chi connectivity index (χ4n) is 3.98. The zero-order chi connectivity index (χ0) is 19.9. The number of anilines is 1. The van der Waals surface area contributed by atoms with E-state index in [1.54, 1.807) is 0 Å². The van der Waals surface area contributed by atoms with Crippen molar-refractivity contribution >= 4 is 28.2 Å². The maximum absolute atomic E-state index is 12.9. The van der Waals surface area contributed by atoms with Gasteiger partial charge in [0.15, 0.2) is 0 Å².